The van der Waals surface area contributed by atoms with Crippen LogP contribution in [0.2, 0.25) is 0 Å². The zero-order chi connectivity index (χ0) is 17.4. The molecule has 0 spiro atoms. The molecule has 124 valence electrons. The lowest BCUT2D eigenvalue weighted by atomic mass is 10.2. The standard InChI is InChI=1S/C17H17N3O3S/c1-9-6-4-5-7-13(9)18-14(21)11(3)20-16(22)12-8-10(2)24-15(12)19-17(20)23/h4-8,11H,1-3H3,(H,18,21)(H,19,23). The van der Waals surface area contributed by atoms with Gasteiger partial charge in [-0.25, -0.2) is 9.36 Å². The number of H-pyrrole nitrogens is 1. The number of para-hydroxylation sites is 1. The fourth-order valence-electron chi connectivity index (χ4n) is 2.56. The van der Waals surface area contributed by atoms with Crippen LogP contribution in [-0.2, 0) is 4.79 Å². The molecule has 0 fully saturated rings. The van der Waals surface area contributed by atoms with Crippen LogP contribution in [0.15, 0.2) is 39.9 Å². The van der Waals surface area contributed by atoms with E-state index in [1.165, 1.54) is 18.3 Å². The number of nitrogens with one attached hydrogen (secondary N) is 2. The number of fused-ring (bicyclic) bond motifs is 1. The van der Waals surface area contributed by atoms with E-state index in [4.69, 9.17) is 0 Å². The highest BCUT2D eigenvalue weighted by Gasteiger charge is 2.21. The van der Waals surface area contributed by atoms with Gasteiger partial charge in [0.05, 0.1) is 5.39 Å². The number of nitrogens with zero attached hydrogens (tertiary/aromatic N) is 1. The molecule has 2 heterocycles. The molecule has 24 heavy (non-hydrogen) atoms. The topological polar surface area (TPSA) is 84.0 Å². The molecule has 3 aromatic rings. The van der Waals surface area contributed by atoms with Gasteiger partial charge < -0.3 is 5.32 Å². The second kappa shape index (κ2) is 6.09. The minimum atomic E-state index is -0.925. The smallest absolute Gasteiger partial charge is 0.324 e. The van der Waals surface area contributed by atoms with E-state index in [-0.39, 0.29) is 0 Å². The van der Waals surface area contributed by atoms with Crippen molar-refractivity contribution in [1.29, 1.82) is 0 Å². The van der Waals surface area contributed by atoms with Crippen molar-refractivity contribution in [2.75, 3.05) is 5.32 Å². The first-order valence-electron chi connectivity index (χ1n) is 7.50. The van der Waals surface area contributed by atoms with Gasteiger partial charge in [0.15, 0.2) is 0 Å². The maximum absolute atomic E-state index is 12.6. The van der Waals surface area contributed by atoms with Gasteiger partial charge in [0.2, 0.25) is 5.91 Å². The van der Waals surface area contributed by atoms with Crippen LogP contribution in [0.5, 0.6) is 0 Å². The van der Waals surface area contributed by atoms with Crippen molar-refractivity contribution in [3.63, 3.8) is 0 Å². The van der Waals surface area contributed by atoms with E-state index < -0.39 is 23.2 Å². The molecule has 2 N–H and O–H groups in total. The summed E-state index contributed by atoms with van der Waals surface area (Å²) in [6.07, 6.45) is 0. The first-order valence-corrected chi connectivity index (χ1v) is 8.31. The van der Waals surface area contributed by atoms with Crippen molar-refractivity contribution in [1.82, 2.24) is 9.55 Å². The van der Waals surface area contributed by atoms with Crippen molar-refractivity contribution in [3.05, 3.63) is 61.6 Å². The Balaban J connectivity index is 2.01. The molecule has 0 saturated heterocycles. The molecule has 0 aliphatic rings. The van der Waals surface area contributed by atoms with Crippen LogP contribution in [-0.4, -0.2) is 15.5 Å². The van der Waals surface area contributed by atoms with E-state index in [1.807, 2.05) is 32.0 Å². The number of carbonyl (C=O) groups is 1. The van der Waals surface area contributed by atoms with Crippen molar-refractivity contribution in [3.8, 4) is 0 Å². The molecule has 3 rings (SSSR count). The SMILES string of the molecule is Cc1cc2c(=O)n(C(C)C(=O)Nc3ccccc3C)c(=O)[nH]c2s1. The number of aromatic nitrogens is 2. The second-order valence-corrected chi connectivity index (χ2v) is 6.94. The Morgan fingerprint density at radius 1 is 1.25 bits per heavy atom. The molecule has 1 atom stereocenters. The van der Waals surface area contributed by atoms with Crippen LogP contribution in [0.1, 0.15) is 23.4 Å². The summed E-state index contributed by atoms with van der Waals surface area (Å²) >= 11 is 1.34. The lowest BCUT2D eigenvalue weighted by molar-refractivity contribution is -0.119. The number of hydrogen-bond donors (Lipinski definition) is 2. The van der Waals surface area contributed by atoms with Gasteiger partial charge in [0, 0.05) is 10.6 Å². The molecule has 2 aromatic heterocycles. The van der Waals surface area contributed by atoms with Crippen molar-refractivity contribution in [2.45, 2.75) is 26.8 Å². The first-order chi connectivity index (χ1) is 11.4. The number of amides is 1. The Morgan fingerprint density at radius 3 is 2.67 bits per heavy atom. The molecule has 0 saturated carbocycles. The Bertz CT molecular complexity index is 1050. The maximum atomic E-state index is 12.6. The number of carbonyl (C=O) groups excluding carboxylic acids is 1. The molecule has 0 aliphatic heterocycles. The van der Waals surface area contributed by atoms with Crippen LogP contribution < -0.4 is 16.6 Å². The average molecular weight is 343 g/mol. The van der Waals surface area contributed by atoms with Crippen molar-refractivity contribution >= 4 is 33.1 Å². The maximum Gasteiger partial charge on any atom is 0.330 e. The quantitative estimate of drug-likeness (QED) is 0.766. The Kier molecular flexibility index (Phi) is 4.11. The van der Waals surface area contributed by atoms with Gasteiger partial charge in [-0.3, -0.25) is 14.6 Å². The van der Waals surface area contributed by atoms with Gasteiger partial charge in [-0.2, -0.15) is 0 Å². The predicted molar refractivity (Wildman–Crippen MR) is 96.0 cm³/mol. The van der Waals surface area contributed by atoms with Gasteiger partial charge >= 0.3 is 5.69 Å². The lowest BCUT2D eigenvalue weighted by Crippen LogP contribution is -2.41. The normalized spacial score (nSPS) is 12.3. The summed E-state index contributed by atoms with van der Waals surface area (Å²) in [5, 5.41) is 3.19. The van der Waals surface area contributed by atoms with E-state index in [0.717, 1.165) is 15.0 Å². The summed E-state index contributed by atoms with van der Waals surface area (Å²) in [5.41, 5.74) is 0.529. The van der Waals surface area contributed by atoms with Crippen molar-refractivity contribution in [2.24, 2.45) is 0 Å². The van der Waals surface area contributed by atoms with E-state index in [2.05, 4.69) is 10.3 Å². The highest BCUT2D eigenvalue weighted by Crippen LogP contribution is 2.19. The molecule has 0 bridgehead atoms. The average Bonchev–Trinajstić information content (AvgIpc) is 2.90. The minimum Gasteiger partial charge on any atom is -0.324 e. The zero-order valence-corrected chi connectivity index (χ0v) is 14.4. The van der Waals surface area contributed by atoms with Crippen LogP contribution >= 0.6 is 11.3 Å². The third kappa shape index (κ3) is 2.78. The van der Waals surface area contributed by atoms with Gasteiger partial charge in [-0.05, 0) is 38.5 Å². The molecule has 6 nitrogen and oxygen atoms in total. The Morgan fingerprint density at radius 2 is 1.96 bits per heavy atom. The summed E-state index contributed by atoms with van der Waals surface area (Å²) in [6.45, 7) is 5.27. The van der Waals surface area contributed by atoms with E-state index in [1.54, 1.807) is 12.1 Å². The Labute approximate surface area is 141 Å². The number of rotatable bonds is 3. The van der Waals surface area contributed by atoms with Gasteiger partial charge in [0.1, 0.15) is 10.9 Å². The number of thiophene rings is 1. The lowest BCUT2D eigenvalue weighted by Gasteiger charge is -2.15. The summed E-state index contributed by atoms with van der Waals surface area (Å²) in [6, 6.07) is 8.13. The van der Waals surface area contributed by atoms with Gasteiger partial charge in [-0.1, -0.05) is 18.2 Å². The number of hydrogen-bond acceptors (Lipinski definition) is 4. The third-order valence-corrected chi connectivity index (χ3v) is 4.88. The van der Waals surface area contributed by atoms with Crippen LogP contribution in [0.4, 0.5) is 5.69 Å². The summed E-state index contributed by atoms with van der Waals surface area (Å²) < 4.78 is 0.960. The monoisotopic (exact) mass is 343 g/mol. The predicted octanol–water partition coefficient (Wildman–Crippen LogP) is 2.57. The highest BCUT2D eigenvalue weighted by molar-refractivity contribution is 7.18. The highest BCUT2D eigenvalue weighted by atomic mass is 32.1. The van der Waals surface area contributed by atoms with E-state index >= 15 is 0 Å². The molecule has 1 amide bonds. The fraction of sp³-hybridized carbons (Fsp3) is 0.235. The molecular formula is C17H17N3O3S. The first kappa shape index (κ1) is 16.2. The molecule has 1 unspecified atom stereocenters. The largest absolute Gasteiger partial charge is 0.330 e. The summed E-state index contributed by atoms with van der Waals surface area (Å²) in [4.78, 5) is 41.5. The number of aromatic amines is 1. The molecule has 0 aliphatic carbocycles. The van der Waals surface area contributed by atoms with Gasteiger partial charge in [0.25, 0.3) is 5.56 Å². The van der Waals surface area contributed by atoms with Crippen LogP contribution in [0.3, 0.4) is 0 Å². The minimum absolute atomic E-state index is 0.414. The molecule has 0 radical (unpaired) electrons. The van der Waals surface area contributed by atoms with Crippen LogP contribution in [0.25, 0.3) is 10.2 Å². The molecule has 7 heteroatoms. The van der Waals surface area contributed by atoms with Crippen LogP contribution in [0, 0.1) is 13.8 Å². The fourth-order valence-corrected chi connectivity index (χ4v) is 3.46. The molecule has 1 aromatic carbocycles. The Hall–Kier alpha value is -2.67. The number of aryl methyl sites for hydroxylation is 2. The second-order valence-electron chi connectivity index (χ2n) is 5.69. The van der Waals surface area contributed by atoms with Crippen molar-refractivity contribution < 1.29 is 4.79 Å². The van der Waals surface area contributed by atoms with E-state index in [9.17, 15) is 14.4 Å². The van der Waals surface area contributed by atoms with Gasteiger partial charge in [-0.15, -0.1) is 11.3 Å². The number of anilines is 1. The molecular weight excluding hydrogens is 326 g/mol. The number of benzene rings is 1. The summed E-state index contributed by atoms with van der Waals surface area (Å²) in [5.74, 6) is -0.414. The zero-order valence-electron chi connectivity index (χ0n) is 13.5. The third-order valence-electron chi connectivity index (χ3n) is 3.91. The summed E-state index contributed by atoms with van der Waals surface area (Å²) in [7, 11) is 0. The van der Waals surface area contributed by atoms with E-state index in [0.29, 0.717) is 15.9 Å².